The molecule has 2 rings (SSSR count). The van der Waals surface area contributed by atoms with E-state index in [1.54, 1.807) is 12.1 Å². The van der Waals surface area contributed by atoms with Gasteiger partial charge in [-0.15, -0.1) is 0 Å². The van der Waals surface area contributed by atoms with E-state index < -0.39 is 11.7 Å². The number of ether oxygens (including phenoxy) is 1. The highest BCUT2D eigenvalue weighted by molar-refractivity contribution is 5.87. The first kappa shape index (κ1) is 18.4. The van der Waals surface area contributed by atoms with Crippen LogP contribution in [0.3, 0.4) is 0 Å². The Labute approximate surface area is 144 Å². The molecule has 1 saturated carbocycles. The number of nitrogen functional groups attached to an aromatic ring is 1. The van der Waals surface area contributed by atoms with Crippen LogP contribution in [0, 0.1) is 0 Å². The number of benzene rings is 1. The first-order valence-electron chi connectivity index (χ1n) is 8.51. The Balaban J connectivity index is 1.93. The van der Waals surface area contributed by atoms with E-state index in [1.165, 1.54) is 12.8 Å². The lowest BCUT2D eigenvalue weighted by molar-refractivity contribution is 0.0636. The lowest BCUT2D eigenvalue weighted by Crippen LogP contribution is -2.36. The van der Waals surface area contributed by atoms with Crippen molar-refractivity contribution >= 4 is 23.2 Å². The van der Waals surface area contributed by atoms with Gasteiger partial charge in [-0.25, -0.2) is 4.79 Å². The predicted molar refractivity (Wildman–Crippen MR) is 99.4 cm³/mol. The molecule has 1 amide bonds. The summed E-state index contributed by atoms with van der Waals surface area (Å²) >= 11 is 0. The summed E-state index contributed by atoms with van der Waals surface area (Å²) < 4.78 is 5.27. The zero-order valence-corrected chi connectivity index (χ0v) is 15.3. The summed E-state index contributed by atoms with van der Waals surface area (Å²) in [6.45, 7) is 8.50. The normalized spacial score (nSPS) is 15.9. The molecular weight excluding hydrogens is 304 g/mol. The molecule has 1 unspecified atom stereocenters. The standard InChI is InChI=1S/C18H30N4O2/c1-12(22(5)14-7-8-14)11-20-16-10-13(6-9-15(16)19)21-17(23)24-18(2,3)4/h6,9-10,12,14,20H,7-8,11,19H2,1-5H3,(H,21,23). The maximum Gasteiger partial charge on any atom is 0.412 e. The number of carbonyl (C=O) groups excluding carboxylic acids is 1. The minimum atomic E-state index is -0.526. The molecule has 0 spiro atoms. The SMILES string of the molecule is CC(CNc1cc(NC(=O)OC(C)(C)C)ccc1N)N(C)C1CC1. The number of anilines is 3. The molecule has 1 atom stereocenters. The fourth-order valence-electron chi connectivity index (χ4n) is 2.45. The Bertz CT molecular complexity index is 579. The minimum absolute atomic E-state index is 0.416. The Kier molecular flexibility index (Phi) is 5.59. The van der Waals surface area contributed by atoms with Crippen LogP contribution in [-0.2, 0) is 4.74 Å². The Morgan fingerprint density at radius 1 is 1.42 bits per heavy atom. The van der Waals surface area contributed by atoms with Crippen molar-refractivity contribution in [1.29, 1.82) is 0 Å². The summed E-state index contributed by atoms with van der Waals surface area (Å²) in [5.74, 6) is 0. The van der Waals surface area contributed by atoms with Crippen LogP contribution in [0.15, 0.2) is 18.2 Å². The molecule has 24 heavy (non-hydrogen) atoms. The van der Waals surface area contributed by atoms with E-state index in [2.05, 4.69) is 29.5 Å². The lowest BCUT2D eigenvalue weighted by atomic mass is 10.2. The molecule has 4 N–H and O–H groups in total. The third kappa shape index (κ3) is 5.60. The Hall–Kier alpha value is -1.95. The highest BCUT2D eigenvalue weighted by Crippen LogP contribution is 2.28. The molecule has 0 aromatic heterocycles. The van der Waals surface area contributed by atoms with E-state index in [4.69, 9.17) is 10.5 Å². The molecular formula is C18H30N4O2. The molecule has 1 fully saturated rings. The third-order valence-electron chi connectivity index (χ3n) is 4.10. The average Bonchev–Trinajstić information content (AvgIpc) is 3.29. The van der Waals surface area contributed by atoms with Gasteiger partial charge in [-0.3, -0.25) is 10.2 Å². The monoisotopic (exact) mass is 334 g/mol. The summed E-state index contributed by atoms with van der Waals surface area (Å²) in [5.41, 5.74) is 7.64. The van der Waals surface area contributed by atoms with Gasteiger partial charge in [0.25, 0.3) is 0 Å². The number of nitrogens with zero attached hydrogens (tertiary/aromatic N) is 1. The van der Waals surface area contributed by atoms with E-state index >= 15 is 0 Å². The van der Waals surface area contributed by atoms with E-state index in [0.717, 1.165) is 18.3 Å². The summed E-state index contributed by atoms with van der Waals surface area (Å²) in [7, 11) is 2.16. The van der Waals surface area contributed by atoms with E-state index in [9.17, 15) is 4.79 Å². The highest BCUT2D eigenvalue weighted by Gasteiger charge is 2.28. The predicted octanol–water partition coefficient (Wildman–Crippen LogP) is 3.51. The molecule has 0 bridgehead atoms. The Morgan fingerprint density at radius 2 is 2.08 bits per heavy atom. The van der Waals surface area contributed by atoms with Gasteiger partial charge < -0.3 is 15.8 Å². The van der Waals surface area contributed by atoms with E-state index in [1.807, 2.05) is 26.8 Å². The first-order chi connectivity index (χ1) is 11.2. The molecule has 6 nitrogen and oxygen atoms in total. The van der Waals surface area contributed by atoms with Crippen molar-refractivity contribution in [2.45, 2.75) is 58.2 Å². The summed E-state index contributed by atoms with van der Waals surface area (Å²) in [6.07, 6.45) is 2.11. The molecule has 0 radical (unpaired) electrons. The molecule has 0 saturated heterocycles. The van der Waals surface area contributed by atoms with Gasteiger partial charge in [0.1, 0.15) is 5.60 Å². The molecule has 0 heterocycles. The third-order valence-corrected chi connectivity index (χ3v) is 4.10. The first-order valence-corrected chi connectivity index (χ1v) is 8.51. The van der Waals surface area contributed by atoms with Crippen LogP contribution >= 0.6 is 0 Å². The van der Waals surface area contributed by atoms with Gasteiger partial charge in [-0.2, -0.15) is 0 Å². The number of hydrogen-bond donors (Lipinski definition) is 3. The van der Waals surface area contributed by atoms with Gasteiger partial charge in [0.05, 0.1) is 11.4 Å². The van der Waals surface area contributed by atoms with Gasteiger partial charge in [0.2, 0.25) is 0 Å². The number of hydrogen-bond acceptors (Lipinski definition) is 5. The van der Waals surface area contributed by atoms with Crippen molar-refractivity contribution in [2.75, 3.05) is 30.0 Å². The number of nitrogens with two attached hydrogens (primary N) is 1. The van der Waals surface area contributed by atoms with Gasteiger partial charge in [-0.1, -0.05) is 0 Å². The fraction of sp³-hybridized carbons (Fsp3) is 0.611. The second-order valence-corrected chi connectivity index (χ2v) is 7.56. The van der Waals surface area contributed by atoms with Crippen molar-refractivity contribution in [2.24, 2.45) is 0 Å². The van der Waals surface area contributed by atoms with E-state index in [0.29, 0.717) is 17.4 Å². The van der Waals surface area contributed by atoms with Gasteiger partial charge in [0.15, 0.2) is 0 Å². The molecule has 1 aliphatic rings. The lowest BCUT2D eigenvalue weighted by Gasteiger charge is -2.25. The van der Waals surface area contributed by atoms with Crippen molar-refractivity contribution < 1.29 is 9.53 Å². The van der Waals surface area contributed by atoms with Gasteiger partial charge in [0, 0.05) is 24.3 Å². The second kappa shape index (κ2) is 7.30. The smallest absolute Gasteiger partial charge is 0.412 e. The zero-order valence-electron chi connectivity index (χ0n) is 15.3. The summed E-state index contributed by atoms with van der Waals surface area (Å²) in [5, 5.41) is 6.12. The van der Waals surface area contributed by atoms with Crippen molar-refractivity contribution in [3.8, 4) is 0 Å². The quantitative estimate of drug-likeness (QED) is 0.694. The van der Waals surface area contributed by atoms with Crippen LogP contribution in [0.5, 0.6) is 0 Å². The number of carbonyl (C=O) groups is 1. The number of nitrogens with one attached hydrogen (secondary N) is 2. The number of amides is 1. The van der Waals surface area contributed by atoms with Crippen molar-refractivity contribution in [3.05, 3.63) is 18.2 Å². The van der Waals surface area contributed by atoms with Gasteiger partial charge in [-0.05, 0) is 65.8 Å². The van der Waals surface area contributed by atoms with Gasteiger partial charge >= 0.3 is 6.09 Å². The van der Waals surface area contributed by atoms with Crippen LogP contribution in [-0.4, -0.2) is 42.3 Å². The maximum absolute atomic E-state index is 11.9. The van der Waals surface area contributed by atoms with Crippen LogP contribution in [0.2, 0.25) is 0 Å². The average molecular weight is 334 g/mol. The van der Waals surface area contributed by atoms with Crippen LogP contribution in [0.25, 0.3) is 0 Å². The maximum atomic E-state index is 11.9. The van der Waals surface area contributed by atoms with Crippen LogP contribution in [0.4, 0.5) is 21.9 Å². The zero-order chi connectivity index (χ0) is 17.9. The molecule has 1 aliphatic carbocycles. The van der Waals surface area contributed by atoms with Crippen LogP contribution in [0.1, 0.15) is 40.5 Å². The van der Waals surface area contributed by atoms with E-state index in [-0.39, 0.29) is 0 Å². The second-order valence-electron chi connectivity index (χ2n) is 7.56. The molecule has 134 valence electrons. The molecule has 6 heteroatoms. The minimum Gasteiger partial charge on any atom is -0.444 e. The highest BCUT2D eigenvalue weighted by atomic mass is 16.6. The molecule has 0 aliphatic heterocycles. The number of rotatable bonds is 6. The fourth-order valence-corrected chi connectivity index (χ4v) is 2.45. The van der Waals surface area contributed by atoms with Crippen molar-refractivity contribution in [1.82, 2.24) is 4.90 Å². The Morgan fingerprint density at radius 3 is 2.67 bits per heavy atom. The topological polar surface area (TPSA) is 79.6 Å². The number of likely N-dealkylation sites (N-methyl/N-ethyl adjacent to an activating group) is 1. The van der Waals surface area contributed by atoms with Crippen molar-refractivity contribution in [3.63, 3.8) is 0 Å². The summed E-state index contributed by atoms with van der Waals surface area (Å²) in [4.78, 5) is 14.3. The largest absolute Gasteiger partial charge is 0.444 e. The molecule has 1 aromatic rings. The summed E-state index contributed by atoms with van der Waals surface area (Å²) in [6, 6.07) is 6.52. The molecule has 1 aromatic carbocycles. The van der Waals surface area contributed by atoms with Crippen LogP contribution < -0.4 is 16.4 Å².